The molecule has 2 unspecified atom stereocenters. The minimum absolute atomic E-state index is 0.469. The second-order valence-electron chi connectivity index (χ2n) is 5.46. The van der Waals surface area contributed by atoms with Crippen LogP contribution < -0.4 is 0 Å². The van der Waals surface area contributed by atoms with Crippen molar-refractivity contribution >= 4 is 11.6 Å². The Labute approximate surface area is 120 Å². The molecule has 0 saturated carbocycles. The number of likely N-dealkylation sites (N-methyl/N-ethyl adjacent to an activating group) is 1. The van der Waals surface area contributed by atoms with Crippen LogP contribution in [0.2, 0.25) is 5.02 Å². The fraction of sp³-hybridized carbons (Fsp3) is 0.600. The van der Waals surface area contributed by atoms with Crippen LogP contribution in [-0.2, 0) is 0 Å². The first kappa shape index (κ1) is 14.8. The Morgan fingerprint density at radius 1 is 1.37 bits per heavy atom. The lowest BCUT2D eigenvalue weighted by atomic mass is 10.1. The van der Waals surface area contributed by atoms with E-state index in [-0.39, 0.29) is 0 Å². The summed E-state index contributed by atoms with van der Waals surface area (Å²) >= 11 is 6.10. The highest BCUT2D eigenvalue weighted by Gasteiger charge is 2.21. The Morgan fingerprint density at radius 3 is 2.79 bits per heavy atom. The van der Waals surface area contributed by atoms with Crippen molar-refractivity contribution in [3.63, 3.8) is 0 Å². The summed E-state index contributed by atoms with van der Waals surface area (Å²) in [4.78, 5) is 4.80. The molecule has 2 atom stereocenters. The molecule has 3 nitrogen and oxygen atoms in total. The van der Waals surface area contributed by atoms with E-state index in [1.54, 1.807) is 0 Å². The van der Waals surface area contributed by atoms with Crippen LogP contribution in [0.25, 0.3) is 0 Å². The number of aliphatic hydroxyl groups excluding tert-OH is 1. The van der Waals surface area contributed by atoms with Gasteiger partial charge in [0.25, 0.3) is 0 Å². The van der Waals surface area contributed by atoms with Gasteiger partial charge < -0.3 is 14.9 Å². The Kier molecular flexibility index (Phi) is 5.22. The molecular formula is C15H23ClN2O. The first-order valence-corrected chi connectivity index (χ1v) is 7.31. The molecule has 2 rings (SSSR count). The highest BCUT2D eigenvalue weighted by molar-refractivity contribution is 6.31. The Bertz CT molecular complexity index is 413. The molecule has 1 aliphatic rings. The molecule has 106 valence electrons. The Balaban J connectivity index is 1.84. The fourth-order valence-corrected chi connectivity index (χ4v) is 2.79. The summed E-state index contributed by atoms with van der Waals surface area (Å²) in [5, 5.41) is 10.9. The van der Waals surface area contributed by atoms with Gasteiger partial charge in [0.2, 0.25) is 0 Å². The maximum atomic E-state index is 10.2. The van der Waals surface area contributed by atoms with Crippen molar-refractivity contribution in [2.45, 2.75) is 25.5 Å². The SMILES string of the molecule is CC1CN(CCC(O)c2ccccc2Cl)CCN1C. The van der Waals surface area contributed by atoms with Gasteiger partial charge in [0.05, 0.1) is 6.10 Å². The van der Waals surface area contributed by atoms with Gasteiger partial charge in [0.15, 0.2) is 0 Å². The molecule has 1 aromatic carbocycles. The molecule has 0 radical (unpaired) electrons. The van der Waals surface area contributed by atoms with Gasteiger partial charge in [-0.3, -0.25) is 0 Å². The number of piperazine rings is 1. The van der Waals surface area contributed by atoms with Gasteiger partial charge in [-0.15, -0.1) is 0 Å². The number of benzene rings is 1. The Hall–Kier alpha value is -0.610. The molecule has 1 N–H and O–H groups in total. The lowest BCUT2D eigenvalue weighted by Crippen LogP contribution is -2.50. The predicted molar refractivity (Wildman–Crippen MR) is 79.6 cm³/mol. The van der Waals surface area contributed by atoms with E-state index in [2.05, 4.69) is 23.8 Å². The number of rotatable bonds is 4. The van der Waals surface area contributed by atoms with Crippen molar-refractivity contribution in [1.82, 2.24) is 9.80 Å². The summed E-state index contributed by atoms with van der Waals surface area (Å²) in [5.74, 6) is 0. The maximum absolute atomic E-state index is 10.2. The molecule has 0 spiro atoms. The van der Waals surface area contributed by atoms with Crippen molar-refractivity contribution in [2.75, 3.05) is 33.2 Å². The van der Waals surface area contributed by atoms with Gasteiger partial charge in [-0.2, -0.15) is 0 Å². The van der Waals surface area contributed by atoms with E-state index in [1.165, 1.54) is 0 Å². The molecule has 19 heavy (non-hydrogen) atoms. The van der Waals surface area contributed by atoms with E-state index in [0.717, 1.165) is 38.2 Å². The molecule has 1 aromatic rings. The predicted octanol–water partition coefficient (Wildman–Crippen LogP) is 2.40. The van der Waals surface area contributed by atoms with Crippen LogP contribution in [-0.4, -0.2) is 54.2 Å². The van der Waals surface area contributed by atoms with Crippen LogP contribution in [0.5, 0.6) is 0 Å². The summed E-state index contributed by atoms with van der Waals surface area (Å²) in [5.41, 5.74) is 0.839. The highest BCUT2D eigenvalue weighted by atomic mass is 35.5. The van der Waals surface area contributed by atoms with E-state index < -0.39 is 6.10 Å². The van der Waals surface area contributed by atoms with Crippen molar-refractivity contribution in [3.05, 3.63) is 34.9 Å². The molecule has 0 aliphatic carbocycles. The summed E-state index contributed by atoms with van der Waals surface area (Å²) in [6.07, 6.45) is 0.267. The topological polar surface area (TPSA) is 26.7 Å². The molecule has 4 heteroatoms. The highest BCUT2D eigenvalue weighted by Crippen LogP contribution is 2.25. The van der Waals surface area contributed by atoms with Gasteiger partial charge in [0, 0.05) is 37.2 Å². The number of aliphatic hydroxyl groups is 1. The summed E-state index contributed by atoms with van der Waals surface area (Å²) in [6.45, 7) is 6.42. The average Bonchev–Trinajstić information content (AvgIpc) is 2.40. The third-order valence-corrected chi connectivity index (χ3v) is 4.37. The molecule has 0 amide bonds. The molecule has 0 aromatic heterocycles. The number of halogens is 1. The van der Waals surface area contributed by atoms with Gasteiger partial charge in [0.1, 0.15) is 0 Å². The second-order valence-corrected chi connectivity index (χ2v) is 5.86. The van der Waals surface area contributed by atoms with Crippen LogP contribution in [0.15, 0.2) is 24.3 Å². The zero-order chi connectivity index (χ0) is 13.8. The number of hydrogen-bond donors (Lipinski definition) is 1. The van der Waals surface area contributed by atoms with Gasteiger partial charge >= 0.3 is 0 Å². The van der Waals surface area contributed by atoms with Crippen molar-refractivity contribution in [3.8, 4) is 0 Å². The minimum atomic E-state index is -0.469. The molecule has 1 aliphatic heterocycles. The van der Waals surface area contributed by atoms with E-state index >= 15 is 0 Å². The number of hydrogen-bond acceptors (Lipinski definition) is 3. The molecule has 1 fully saturated rings. The fourth-order valence-electron chi connectivity index (χ4n) is 2.53. The van der Waals surface area contributed by atoms with E-state index in [4.69, 9.17) is 11.6 Å². The van der Waals surface area contributed by atoms with Crippen LogP contribution in [0.4, 0.5) is 0 Å². The summed E-state index contributed by atoms with van der Waals surface area (Å²) < 4.78 is 0. The smallest absolute Gasteiger partial charge is 0.0816 e. The maximum Gasteiger partial charge on any atom is 0.0816 e. The second kappa shape index (κ2) is 6.71. The van der Waals surface area contributed by atoms with E-state index in [0.29, 0.717) is 11.1 Å². The van der Waals surface area contributed by atoms with Gasteiger partial charge in [-0.25, -0.2) is 0 Å². The third-order valence-electron chi connectivity index (χ3n) is 4.03. The first-order valence-electron chi connectivity index (χ1n) is 6.93. The van der Waals surface area contributed by atoms with Crippen molar-refractivity contribution in [1.29, 1.82) is 0 Å². The van der Waals surface area contributed by atoms with Gasteiger partial charge in [-0.05, 0) is 32.0 Å². The monoisotopic (exact) mass is 282 g/mol. The normalized spacial score (nSPS) is 23.5. The van der Waals surface area contributed by atoms with Crippen LogP contribution in [0.1, 0.15) is 25.0 Å². The largest absolute Gasteiger partial charge is 0.388 e. The molecule has 1 saturated heterocycles. The minimum Gasteiger partial charge on any atom is -0.388 e. The van der Waals surface area contributed by atoms with Crippen LogP contribution >= 0.6 is 11.6 Å². The van der Waals surface area contributed by atoms with Crippen molar-refractivity contribution in [2.24, 2.45) is 0 Å². The standard InChI is InChI=1S/C15H23ClN2O/c1-12-11-18(10-9-17(12)2)8-7-15(19)13-5-3-4-6-14(13)16/h3-6,12,15,19H,7-11H2,1-2H3. The van der Waals surface area contributed by atoms with E-state index in [9.17, 15) is 5.11 Å². The lowest BCUT2D eigenvalue weighted by Gasteiger charge is -2.38. The summed E-state index contributed by atoms with van der Waals surface area (Å²) in [7, 11) is 2.17. The quantitative estimate of drug-likeness (QED) is 0.919. The van der Waals surface area contributed by atoms with Gasteiger partial charge in [-0.1, -0.05) is 29.8 Å². The van der Waals surface area contributed by atoms with E-state index in [1.807, 2.05) is 24.3 Å². The molecule has 1 heterocycles. The number of nitrogens with zero attached hydrogens (tertiary/aromatic N) is 2. The van der Waals surface area contributed by atoms with Crippen LogP contribution in [0.3, 0.4) is 0 Å². The first-order chi connectivity index (χ1) is 9.08. The zero-order valence-electron chi connectivity index (χ0n) is 11.7. The zero-order valence-corrected chi connectivity index (χ0v) is 12.5. The average molecular weight is 283 g/mol. The van der Waals surface area contributed by atoms with Crippen LogP contribution in [0, 0.1) is 0 Å². The van der Waals surface area contributed by atoms with Crippen molar-refractivity contribution < 1.29 is 5.11 Å². The molecular weight excluding hydrogens is 260 g/mol. The Morgan fingerprint density at radius 2 is 2.11 bits per heavy atom. The third kappa shape index (κ3) is 3.93. The summed E-state index contributed by atoms with van der Waals surface area (Å²) in [6, 6.07) is 8.13. The molecule has 0 bridgehead atoms. The lowest BCUT2D eigenvalue weighted by molar-refractivity contribution is 0.0839.